The van der Waals surface area contributed by atoms with E-state index in [-0.39, 0.29) is 5.91 Å². The molecule has 1 aromatic carbocycles. The van der Waals surface area contributed by atoms with Gasteiger partial charge in [-0.25, -0.2) is 9.97 Å². The van der Waals surface area contributed by atoms with E-state index in [0.717, 1.165) is 28.1 Å². The zero-order chi connectivity index (χ0) is 18.5. The lowest BCUT2D eigenvalue weighted by Crippen LogP contribution is -2.31. The second-order valence-corrected chi connectivity index (χ2v) is 7.64. The number of anilines is 1. The fourth-order valence-electron chi connectivity index (χ4n) is 2.57. The van der Waals surface area contributed by atoms with E-state index in [1.807, 2.05) is 43.3 Å². The highest BCUT2D eigenvalue weighted by Crippen LogP contribution is 2.27. The van der Waals surface area contributed by atoms with Crippen molar-refractivity contribution in [2.24, 2.45) is 0 Å². The summed E-state index contributed by atoms with van der Waals surface area (Å²) in [6.07, 6.45) is 1.59. The van der Waals surface area contributed by atoms with Crippen molar-refractivity contribution in [1.82, 2.24) is 20.2 Å². The number of hydrogen-bond acceptors (Lipinski definition) is 6. The van der Waals surface area contributed by atoms with Gasteiger partial charge in [-0.3, -0.25) is 4.79 Å². The molecule has 7 heteroatoms. The molecule has 2 aromatic heterocycles. The SMILES string of the molecule is Cc1cc2c(NCc3ccc(C(=O)NCCN(C)C)cc3)ncnc2s1. The van der Waals surface area contributed by atoms with Crippen molar-refractivity contribution >= 4 is 33.3 Å². The van der Waals surface area contributed by atoms with Crippen LogP contribution in [0.1, 0.15) is 20.8 Å². The predicted octanol–water partition coefficient (Wildman–Crippen LogP) is 2.90. The molecule has 3 rings (SSSR count). The molecule has 0 fully saturated rings. The van der Waals surface area contributed by atoms with Crippen molar-refractivity contribution in [2.75, 3.05) is 32.5 Å². The molecule has 1 amide bonds. The van der Waals surface area contributed by atoms with Gasteiger partial charge in [0.15, 0.2) is 0 Å². The van der Waals surface area contributed by atoms with E-state index in [2.05, 4.69) is 33.6 Å². The number of benzene rings is 1. The largest absolute Gasteiger partial charge is 0.365 e. The minimum absolute atomic E-state index is 0.0439. The number of nitrogens with zero attached hydrogens (tertiary/aromatic N) is 3. The van der Waals surface area contributed by atoms with Crippen LogP contribution in [0.15, 0.2) is 36.7 Å². The summed E-state index contributed by atoms with van der Waals surface area (Å²) in [5.74, 6) is 0.794. The van der Waals surface area contributed by atoms with Crippen LogP contribution in [-0.2, 0) is 6.54 Å². The molecule has 0 aliphatic carbocycles. The fourth-order valence-corrected chi connectivity index (χ4v) is 3.42. The maximum atomic E-state index is 12.1. The molecule has 0 saturated carbocycles. The van der Waals surface area contributed by atoms with Gasteiger partial charge < -0.3 is 15.5 Å². The number of aromatic nitrogens is 2. The lowest BCUT2D eigenvalue weighted by molar-refractivity contribution is 0.0951. The van der Waals surface area contributed by atoms with Gasteiger partial charge in [-0.05, 0) is 44.8 Å². The van der Waals surface area contributed by atoms with E-state index in [1.165, 1.54) is 4.88 Å². The van der Waals surface area contributed by atoms with Gasteiger partial charge in [-0.15, -0.1) is 11.3 Å². The summed E-state index contributed by atoms with van der Waals surface area (Å²) < 4.78 is 0. The molecule has 3 aromatic rings. The topological polar surface area (TPSA) is 70.2 Å². The van der Waals surface area contributed by atoms with Gasteiger partial charge in [0.2, 0.25) is 0 Å². The maximum Gasteiger partial charge on any atom is 0.251 e. The number of fused-ring (bicyclic) bond motifs is 1. The van der Waals surface area contributed by atoms with Gasteiger partial charge >= 0.3 is 0 Å². The molecule has 136 valence electrons. The van der Waals surface area contributed by atoms with Crippen molar-refractivity contribution in [2.45, 2.75) is 13.5 Å². The molecule has 0 aliphatic heterocycles. The third kappa shape index (κ3) is 4.56. The van der Waals surface area contributed by atoms with E-state index in [4.69, 9.17) is 0 Å². The first-order valence-corrected chi connectivity index (χ1v) is 9.31. The number of carbonyl (C=O) groups is 1. The highest BCUT2D eigenvalue weighted by molar-refractivity contribution is 7.18. The number of aryl methyl sites for hydroxylation is 1. The van der Waals surface area contributed by atoms with Crippen molar-refractivity contribution in [3.63, 3.8) is 0 Å². The molecular formula is C19H23N5OS. The van der Waals surface area contributed by atoms with E-state index in [1.54, 1.807) is 17.7 Å². The van der Waals surface area contributed by atoms with Crippen molar-refractivity contribution < 1.29 is 4.79 Å². The summed E-state index contributed by atoms with van der Waals surface area (Å²) >= 11 is 1.66. The standard InChI is InChI=1S/C19H23N5OS/c1-13-10-16-17(22-12-23-19(16)26-13)21-11-14-4-6-15(7-5-14)18(25)20-8-9-24(2)3/h4-7,10,12H,8-9,11H2,1-3H3,(H,20,25)(H,21,22,23). The number of rotatable bonds is 7. The molecule has 0 bridgehead atoms. The van der Waals surface area contributed by atoms with Gasteiger partial charge in [0.05, 0.1) is 5.39 Å². The monoisotopic (exact) mass is 369 g/mol. The third-order valence-electron chi connectivity index (χ3n) is 3.97. The first-order valence-electron chi connectivity index (χ1n) is 8.50. The Morgan fingerprint density at radius 1 is 1.19 bits per heavy atom. The lowest BCUT2D eigenvalue weighted by Gasteiger charge is -2.11. The zero-order valence-corrected chi connectivity index (χ0v) is 16.1. The van der Waals surface area contributed by atoms with Gasteiger partial charge in [-0.1, -0.05) is 12.1 Å². The van der Waals surface area contributed by atoms with Crippen molar-refractivity contribution in [3.8, 4) is 0 Å². The molecule has 0 unspecified atom stereocenters. The quantitative estimate of drug-likeness (QED) is 0.670. The van der Waals surface area contributed by atoms with Gasteiger partial charge in [-0.2, -0.15) is 0 Å². The molecule has 2 heterocycles. The Morgan fingerprint density at radius 2 is 1.96 bits per heavy atom. The normalized spacial score (nSPS) is 11.1. The van der Waals surface area contributed by atoms with E-state index < -0.39 is 0 Å². The highest BCUT2D eigenvalue weighted by atomic mass is 32.1. The summed E-state index contributed by atoms with van der Waals surface area (Å²) in [6, 6.07) is 9.73. The lowest BCUT2D eigenvalue weighted by atomic mass is 10.1. The number of likely N-dealkylation sites (N-methyl/N-ethyl adjacent to an activating group) is 1. The number of thiophene rings is 1. The second kappa shape index (κ2) is 8.25. The molecule has 0 radical (unpaired) electrons. The van der Waals surface area contributed by atoms with Crippen LogP contribution >= 0.6 is 11.3 Å². The van der Waals surface area contributed by atoms with Crippen LogP contribution in [0.4, 0.5) is 5.82 Å². The Labute approximate surface area is 157 Å². The number of carbonyl (C=O) groups excluding carboxylic acids is 1. The van der Waals surface area contributed by atoms with Gasteiger partial charge in [0.25, 0.3) is 5.91 Å². The van der Waals surface area contributed by atoms with Crippen LogP contribution in [0.25, 0.3) is 10.2 Å². The molecular weight excluding hydrogens is 346 g/mol. The molecule has 2 N–H and O–H groups in total. The number of nitrogens with one attached hydrogen (secondary N) is 2. The molecule has 0 atom stereocenters. The predicted molar refractivity (Wildman–Crippen MR) is 107 cm³/mol. The van der Waals surface area contributed by atoms with Gasteiger partial charge in [0.1, 0.15) is 17.0 Å². The van der Waals surface area contributed by atoms with Crippen LogP contribution < -0.4 is 10.6 Å². The third-order valence-corrected chi connectivity index (χ3v) is 4.93. The first kappa shape index (κ1) is 18.3. The highest BCUT2D eigenvalue weighted by Gasteiger charge is 2.08. The molecule has 26 heavy (non-hydrogen) atoms. The minimum atomic E-state index is -0.0439. The minimum Gasteiger partial charge on any atom is -0.365 e. The van der Waals surface area contributed by atoms with E-state index >= 15 is 0 Å². The van der Waals surface area contributed by atoms with Crippen LogP contribution in [0.3, 0.4) is 0 Å². The van der Waals surface area contributed by atoms with E-state index in [0.29, 0.717) is 18.7 Å². The summed E-state index contributed by atoms with van der Waals surface area (Å²) in [5, 5.41) is 7.33. The number of hydrogen-bond donors (Lipinski definition) is 2. The summed E-state index contributed by atoms with van der Waals surface area (Å²) in [6.45, 7) is 4.17. The van der Waals surface area contributed by atoms with Crippen molar-refractivity contribution in [3.05, 3.63) is 52.7 Å². The Kier molecular flexibility index (Phi) is 5.80. The van der Waals surface area contributed by atoms with Crippen LogP contribution in [-0.4, -0.2) is 48.0 Å². The smallest absolute Gasteiger partial charge is 0.251 e. The van der Waals surface area contributed by atoms with Crippen LogP contribution in [0.5, 0.6) is 0 Å². The molecule has 0 saturated heterocycles. The van der Waals surface area contributed by atoms with Crippen molar-refractivity contribution in [1.29, 1.82) is 0 Å². The van der Waals surface area contributed by atoms with E-state index in [9.17, 15) is 4.79 Å². The Bertz CT molecular complexity index is 889. The summed E-state index contributed by atoms with van der Waals surface area (Å²) in [4.78, 5) is 25.0. The second-order valence-electron chi connectivity index (χ2n) is 6.41. The molecule has 0 aliphatic rings. The Morgan fingerprint density at radius 3 is 2.69 bits per heavy atom. The Hall–Kier alpha value is -2.51. The summed E-state index contributed by atoms with van der Waals surface area (Å²) in [5.41, 5.74) is 1.76. The average Bonchev–Trinajstić information content (AvgIpc) is 3.00. The van der Waals surface area contributed by atoms with Gasteiger partial charge in [0, 0.05) is 30.1 Å². The van der Waals surface area contributed by atoms with Crippen LogP contribution in [0.2, 0.25) is 0 Å². The fraction of sp³-hybridized carbons (Fsp3) is 0.316. The Balaban J connectivity index is 1.59. The molecule has 6 nitrogen and oxygen atoms in total. The summed E-state index contributed by atoms with van der Waals surface area (Å²) in [7, 11) is 3.97. The zero-order valence-electron chi connectivity index (χ0n) is 15.2. The molecule has 0 spiro atoms. The first-order chi connectivity index (χ1) is 12.5. The van der Waals surface area contributed by atoms with Crippen LogP contribution in [0, 0.1) is 6.92 Å². The average molecular weight is 369 g/mol. The number of amides is 1. The maximum absolute atomic E-state index is 12.1.